The van der Waals surface area contributed by atoms with E-state index in [1.807, 2.05) is 24.4 Å². The fourth-order valence-electron chi connectivity index (χ4n) is 3.55. The molecule has 1 atom stereocenters. The van der Waals surface area contributed by atoms with Gasteiger partial charge in [0.25, 0.3) is 0 Å². The second kappa shape index (κ2) is 7.64. The molecule has 4 rings (SSSR count). The first-order chi connectivity index (χ1) is 13.5. The standard InChI is InChI=1S/C21H19ClFN3O2/c22-15-1-6-19-18(10-15)13(11-24-19)7-8-26-12-14(9-20(26)27)21(28)25-17-4-2-16(23)3-5-17/h1-6,10-11,14,24H,7-9,12H2,(H,25,28)/t14-/m1/s1. The van der Waals surface area contributed by atoms with Crippen LogP contribution in [0.2, 0.25) is 5.02 Å². The Bertz CT molecular complexity index is 1030. The molecule has 1 aromatic heterocycles. The van der Waals surface area contributed by atoms with E-state index in [2.05, 4.69) is 10.3 Å². The van der Waals surface area contributed by atoms with Crippen molar-refractivity contribution in [2.75, 3.05) is 18.4 Å². The van der Waals surface area contributed by atoms with E-state index in [4.69, 9.17) is 11.6 Å². The maximum absolute atomic E-state index is 13.0. The van der Waals surface area contributed by atoms with Gasteiger partial charge in [0.1, 0.15) is 5.82 Å². The highest BCUT2D eigenvalue weighted by atomic mass is 35.5. The molecule has 1 aliphatic rings. The van der Waals surface area contributed by atoms with Crippen molar-refractivity contribution in [2.45, 2.75) is 12.8 Å². The van der Waals surface area contributed by atoms with Crippen molar-refractivity contribution in [3.8, 4) is 0 Å². The van der Waals surface area contributed by atoms with Crippen molar-refractivity contribution in [3.63, 3.8) is 0 Å². The van der Waals surface area contributed by atoms with Crippen LogP contribution in [0.15, 0.2) is 48.7 Å². The fraction of sp³-hybridized carbons (Fsp3) is 0.238. The summed E-state index contributed by atoms with van der Waals surface area (Å²) in [5.74, 6) is -1.02. The van der Waals surface area contributed by atoms with Crippen LogP contribution < -0.4 is 5.32 Å². The van der Waals surface area contributed by atoms with Crippen LogP contribution in [0.3, 0.4) is 0 Å². The molecule has 3 aromatic rings. The monoisotopic (exact) mass is 399 g/mol. The van der Waals surface area contributed by atoms with E-state index in [0.29, 0.717) is 30.2 Å². The molecular weight excluding hydrogens is 381 g/mol. The number of rotatable bonds is 5. The van der Waals surface area contributed by atoms with Crippen LogP contribution in [-0.4, -0.2) is 34.8 Å². The van der Waals surface area contributed by atoms with Gasteiger partial charge in [-0.3, -0.25) is 9.59 Å². The average Bonchev–Trinajstić information content (AvgIpc) is 3.25. The number of likely N-dealkylation sites (tertiary alicyclic amines) is 1. The van der Waals surface area contributed by atoms with E-state index < -0.39 is 5.92 Å². The average molecular weight is 400 g/mol. The molecule has 0 aliphatic carbocycles. The first-order valence-corrected chi connectivity index (χ1v) is 9.47. The van der Waals surface area contributed by atoms with Gasteiger partial charge in [-0.25, -0.2) is 4.39 Å². The lowest BCUT2D eigenvalue weighted by Crippen LogP contribution is -2.30. The first kappa shape index (κ1) is 18.5. The van der Waals surface area contributed by atoms with Crippen molar-refractivity contribution in [1.29, 1.82) is 0 Å². The number of aromatic amines is 1. The minimum atomic E-state index is -0.407. The molecule has 28 heavy (non-hydrogen) atoms. The molecule has 0 spiro atoms. The molecule has 1 saturated heterocycles. The summed E-state index contributed by atoms with van der Waals surface area (Å²) in [4.78, 5) is 29.7. The number of carbonyl (C=O) groups excluding carboxylic acids is 2. The molecule has 2 aromatic carbocycles. The van der Waals surface area contributed by atoms with Crippen LogP contribution in [0.25, 0.3) is 10.9 Å². The summed E-state index contributed by atoms with van der Waals surface area (Å²) in [5.41, 5.74) is 2.61. The Labute approximate surface area is 166 Å². The minimum absolute atomic E-state index is 0.0304. The van der Waals surface area contributed by atoms with Crippen molar-refractivity contribution < 1.29 is 14.0 Å². The highest BCUT2D eigenvalue weighted by Gasteiger charge is 2.34. The number of halogens is 2. The van der Waals surface area contributed by atoms with E-state index >= 15 is 0 Å². The molecule has 2 amide bonds. The van der Waals surface area contributed by atoms with Gasteiger partial charge in [-0.15, -0.1) is 0 Å². The Morgan fingerprint density at radius 3 is 2.82 bits per heavy atom. The zero-order valence-electron chi connectivity index (χ0n) is 15.0. The van der Waals surface area contributed by atoms with Gasteiger partial charge >= 0.3 is 0 Å². The number of H-pyrrole nitrogens is 1. The van der Waals surface area contributed by atoms with E-state index in [-0.39, 0.29) is 24.1 Å². The third-order valence-electron chi connectivity index (χ3n) is 5.08. The van der Waals surface area contributed by atoms with E-state index in [0.717, 1.165) is 16.5 Å². The minimum Gasteiger partial charge on any atom is -0.361 e. The molecule has 2 N–H and O–H groups in total. The highest BCUT2D eigenvalue weighted by Crippen LogP contribution is 2.25. The smallest absolute Gasteiger partial charge is 0.229 e. The van der Waals surface area contributed by atoms with Gasteiger partial charge in [0.15, 0.2) is 0 Å². The molecule has 144 valence electrons. The number of nitrogens with zero attached hydrogens (tertiary/aromatic N) is 1. The normalized spacial score (nSPS) is 16.7. The number of nitrogens with one attached hydrogen (secondary N) is 2. The van der Waals surface area contributed by atoms with Crippen LogP contribution in [0.5, 0.6) is 0 Å². The number of fused-ring (bicyclic) bond motifs is 1. The van der Waals surface area contributed by atoms with Crippen LogP contribution in [0.1, 0.15) is 12.0 Å². The number of hydrogen-bond donors (Lipinski definition) is 2. The number of carbonyl (C=O) groups is 2. The molecule has 0 unspecified atom stereocenters. The number of aromatic nitrogens is 1. The predicted octanol–water partition coefficient (Wildman–Crippen LogP) is 3.99. The Balaban J connectivity index is 1.37. The highest BCUT2D eigenvalue weighted by molar-refractivity contribution is 6.31. The lowest BCUT2D eigenvalue weighted by atomic mass is 10.1. The second-order valence-electron chi connectivity index (χ2n) is 6.99. The summed E-state index contributed by atoms with van der Waals surface area (Å²) in [7, 11) is 0. The van der Waals surface area contributed by atoms with Crippen LogP contribution in [0.4, 0.5) is 10.1 Å². The maximum atomic E-state index is 13.0. The summed E-state index contributed by atoms with van der Waals surface area (Å²) in [6, 6.07) is 11.3. The van der Waals surface area contributed by atoms with Crippen LogP contribution >= 0.6 is 11.6 Å². The van der Waals surface area contributed by atoms with Crippen LogP contribution in [-0.2, 0) is 16.0 Å². The van der Waals surface area contributed by atoms with E-state index in [1.54, 1.807) is 4.90 Å². The van der Waals surface area contributed by atoms with Crippen LogP contribution in [0, 0.1) is 11.7 Å². The SMILES string of the molecule is O=C(Nc1ccc(F)cc1)[C@@H]1CC(=O)N(CCc2c[nH]c3ccc(Cl)cc23)C1. The molecule has 1 fully saturated rings. The van der Waals surface area contributed by atoms with Crippen molar-refractivity contribution in [2.24, 2.45) is 5.92 Å². The molecular formula is C21H19ClFN3O2. The van der Waals surface area contributed by atoms with Gasteiger partial charge in [0, 0.05) is 47.3 Å². The van der Waals surface area contributed by atoms with Gasteiger partial charge in [-0.2, -0.15) is 0 Å². The maximum Gasteiger partial charge on any atom is 0.229 e. The zero-order valence-corrected chi connectivity index (χ0v) is 15.8. The molecule has 5 nitrogen and oxygen atoms in total. The summed E-state index contributed by atoms with van der Waals surface area (Å²) in [6.07, 6.45) is 2.80. The first-order valence-electron chi connectivity index (χ1n) is 9.09. The molecule has 0 radical (unpaired) electrons. The molecule has 0 bridgehead atoms. The van der Waals surface area contributed by atoms with Crippen molar-refractivity contribution in [3.05, 3.63) is 65.1 Å². The Hall–Kier alpha value is -2.86. The fourth-order valence-corrected chi connectivity index (χ4v) is 3.73. The zero-order chi connectivity index (χ0) is 19.7. The Kier molecular flexibility index (Phi) is 5.05. The number of hydrogen-bond acceptors (Lipinski definition) is 2. The van der Waals surface area contributed by atoms with Crippen molar-refractivity contribution >= 4 is 40.0 Å². The van der Waals surface area contributed by atoms with Crippen molar-refractivity contribution in [1.82, 2.24) is 9.88 Å². The summed E-state index contributed by atoms with van der Waals surface area (Å²) in [5, 5.41) is 4.46. The van der Waals surface area contributed by atoms with Gasteiger partial charge < -0.3 is 15.2 Å². The predicted molar refractivity (Wildman–Crippen MR) is 107 cm³/mol. The van der Waals surface area contributed by atoms with E-state index in [9.17, 15) is 14.0 Å². The van der Waals surface area contributed by atoms with Gasteiger partial charge in [-0.05, 0) is 54.4 Å². The third kappa shape index (κ3) is 3.87. The number of benzene rings is 2. The van der Waals surface area contributed by atoms with Gasteiger partial charge in [0.05, 0.1) is 5.92 Å². The summed E-state index contributed by atoms with van der Waals surface area (Å²) in [6.45, 7) is 0.924. The van der Waals surface area contributed by atoms with Gasteiger partial charge in [-0.1, -0.05) is 11.6 Å². The lowest BCUT2D eigenvalue weighted by Gasteiger charge is -2.16. The quantitative estimate of drug-likeness (QED) is 0.681. The molecule has 1 aliphatic heterocycles. The topological polar surface area (TPSA) is 65.2 Å². The molecule has 7 heteroatoms. The second-order valence-corrected chi connectivity index (χ2v) is 7.43. The summed E-state index contributed by atoms with van der Waals surface area (Å²) < 4.78 is 13.0. The number of anilines is 1. The van der Waals surface area contributed by atoms with Gasteiger partial charge in [0.2, 0.25) is 11.8 Å². The molecule has 2 heterocycles. The Morgan fingerprint density at radius 1 is 1.25 bits per heavy atom. The third-order valence-corrected chi connectivity index (χ3v) is 5.31. The van der Waals surface area contributed by atoms with E-state index in [1.165, 1.54) is 24.3 Å². The largest absolute Gasteiger partial charge is 0.361 e. The molecule has 0 saturated carbocycles. The Morgan fingerprint density at radius 2 is 2.04 bits per heavy atom. The summed E-state index contributed by atoms with van der Waals surface area (Å²) >= 11 is 6.08. The number of amides is 2. The lowest BCUT2D eigenvalue weighted by molar-refractivity contribution is -0.128.